The summed E-state index contributed by atoms with van der Waals surface area (Å²) < 4.78 is 18.3. The van der Waals surface area contributed by atoms with Crippen LogP contribution in [0.4, 0.5) is 5.69 Å². The largest absolute Gasteiger partial charge is 0.454 e. The lowest BCUT2D eigenvalue weighted by Gasteiger charge is -2.20. The normalized spacial score (nSPS) is 15.5. The maximum atomic E-state index is 6.41. The van der Waals surface area contributed by atoms with E-state index in [4.69, 9.17) is 19.2 Å². The quantitative estimate of drug-likeness (QED) is 0.313. The van der Waals surface area contributed by atoms with Crippen LogP contribution in [0.15, 0.2) is 70.3 Å². The zero-order valence-corrected chi connectivity index (χ0v) is 20.5. The van der Waals surface area contributed by atoms with Gasteiger partial charge in [-0.2, -0.15) is 4.98 Å². The van der Waals surface area contributed by atoms with Crippen molar-refractivity contribution in [2.75, 3.05) is 12.1 Å². The highest BCUT2D eigenvalue weighted by atomic mass is 79.9. The van der Waals surface area contributed by atoms with Gasteiger partial charge in [-0.25, -0.2) is 0 Å². The van der Waals surface area contributed by atoms with Crippen molar-refractivity contribution in [2.45, 2.75) is 24.1 Å². The highest BCUT2D eigenvalue weighted by molar-refractivity contribution is 9.10. The molecule has 0 amide bonds. The van der Waals surface area contributed by atoms with Gasteiger partial charge in [-0.1, -0.05) is 75.7 Å². The molecule has 1 atom stereocenters. The SMILES string of the molecule is Cc1ccc(CSc2nnc3c(n2)OC(c2cc4c(cc2Br)OCO4)Nc2ccccc2-3)cc1. The summed E-state index contributed by atoms with van der Waals surface area (Å²) in [5, 5.41) is 12.9. The van der Waals surface area contributed by atoms with E-state index < -0.39 is 6.23 Å². The number of halogens is 1. The van der Waals surface area contributed by atoms with Crippen LogP contribution in [0.2, 0.25) is 0 Å². The molecule has 0 saturated carbocycles. The third kappa shape index (κ3) is 4.05. The summed E-state index contributed by atoms with van der Waals surface area (Å²) >= 11 is 5.18. The molecule has 4 aromatic rings. The predicted molar refractivity (Wildman–Crippen MR) is 133 cm³/mol. The van der Waals surface area contributed by atoms with Crippen LogP contribution < -0.4 is 19.5 Å². The molecule has 0 bridgehead atoms. The van der Waals surface area contributed by atoms with E-state index in [1.54, 1.807) is 0 Å². The van der Waals surface area contributed by atoms with Gasteiger partial charge < -0.3 is 19.5 Å². The zero-order valence-electron chi connectivity index (χ0n) is 18.1. The number of fused-ring (bicyclic) bond motifs is 4. The fourth-order valence-corrected chi connectivity index (χ4v) is 5.08. The Balaban J connectivity index is 1.36. The second-order valence-electron chi connectivity index (χ2n) is 7.94. The molecule has 3 heterocycles. The number of nitrogens with zero attached hydrogens (tertiary/aromatic N) is 3. The Morgan fingerprint density at radius 3 is 2.68 bits per heavy atom. The lowest BCUT2D eigenvalue weighted by molar-refractivity contribution is 0.173. The van der Waals surface area contributed by atoms with Gasteiger partial charge in [-0.15, -0.1) is 10.2 Å². The molecule has 0 spiro atoms. The number of aryl methyl sites for hydroxylation is 1. The maximum Gasteiger partial charge on any atom is 0.247 e. The molecule has 0 radical (unpaired) electrons. The van der Waals surface area contributed by atoms with E-state index in [1.165, 1.54) is 22.9 Å². The first kappa shape index (κ1) is 21.2. The van der Waals surface area contributed by atoms with Crippen LogP contribution >= 0.6 is 27.7 Å². The Hall–Kier alpha value is -3.30. The molecular weight excluding hydrogens is 516 g/mol. The van der Waals surface area contributed by atoms with Crippen LogP contribution in [-0.2, 0) is 5.75 Å². The summed E-state index contributed by atoms with van der Waals surface area (Å²) in [6.45, 7) is 2.28. The molecule has 7 nitrogen and oxygen atoms in total. The van der Waals surface area contributed by atoms with Gasteiger partial charge in [-0.3, -0.25) is 0 Å². The van der Waals surface area contributed by atoms with Crippen molar-refractivity contribution in [3.63, 3.8) is 0 Å². The van der Waals surface area contributed by atoms with Gasteiger partial charge in [0, 0.05) is 27.0 Å². The monoisotopic (exact) mass is 534 g/mol. The minimum Gasteiger partial charge on any atom is -0.454 e. The summed E-state index contributed by atoms with van der Waals surface area (Å²) in [5.41, 5.74) is 5.65. The number of hydrogen-bond acceptors (Lipinski definition) is 8. The number of benzene rings is 3. The van der Waals surface area contributed by atoms with Gasteiger partial charge in [0.15, 0.2) is 23.4 Å². The molecule has 0 saturated heterocycles. The van der Waals surface area contributed by atoms with Gasteiger partial charge >= 0.3 is 0 Å². The molecule has 3 aromatic carbocycles. The Kier molecular flexibility index (Phi) is 5.50. The molecule has 2 aliphatic rings. The standard InChI is InChI=1S/C25H19BrN4O3S/c1-14-6-8-15(9-7-14)12-34-25-28-24-22(29-30-25)16-4-2-3-5-19(16)27-23(33-24)17-10-20-21(11-18(17)26)32-13-31-20/h2-11,23,27H,12-13H2,1H3. The average Bonchev–Trinajstić information content (AvgIpc) is 3.23. The van der Waals surface area contributed by atoms with Crippen molar-refractivity contribution in [1.29, 1.82) is 0 Å². The molecule has 34 heavy (non-hydrogen) atoms. The van der Waals surface area contributed by atoms with Crippen LogP contribution in [0.5, 0.6) is 17.4 Å². The summed E-state index contributed by atoms with van der Waals surface area (Å²) in [6, 6.07) is 20.1. The highest BCUT2D eigenvalue weighted by Crippen LogP contribution is 2.44. The second kappa shape index (κ2) is 8.81. The molecule has 9 heteroatoms. The number of nitrogens with one attached hydrogen (secondary N) is 1. The van der Waals surface area contributed by atoms with Crippen LogP contribution in [0.25, 0.3) is 11.3 Å². The second-order valence-corrected chi connectivity index (χ2v) is 9.73. The molecule has 2 aliphatic heterocycles. The lowest BCUT2D eigenvalue weighted by atomic mass is 10.1. The van der Waals surface area contributed by atoms with E-state index in [0.717, 1.165) is 27.0 Å². The maximum absolute atomic E-state index is 6.41. The molecular formula is C25H19BrN4O3S. The van der Waals surface area contributed by atoms with Gasteiger partial charge in [0.1, 0.15) is 0 Å². The smallest absolute Gasteiger partial charge is 0.247 e. The average molecular weight is 535 g/mol. The first-order chi connectivity index (χ1) is 16.6. The Labute approximate surface area is 209 Å². The lowest BCUT2D eigenvalue weighted by Crippen LogP contribution is -2.17. The number of anilines is 1. The minimum atomic E-state index is -0.530. The Bertz CT molecular complexity index is 1380. The summed E-state index contributed by atoms with van der Waals surface area (Å²) in [6.07, 6.45) is -0.530. The Morgan fingerprint density at radius 2 is 1.82 bits per heavy atom. The van der Waals surface area contributed by atoms with E-state index >= 15 is 0 Å². The van der Waals surface area contributed by atoms with Crippen LogP contribution in [0.1, 0.15) is 22.9 Å². The third-order valence-electron chi connectivity index (χ3n) is 5.60. The number of rotatable bonds is 4. The molecule has 170 valence electrons. The van der Waals surface area contributed by atoms with Crippen LogP contribution in [-0.4, -0.2) is 22.0 Å². The fraction of sp³-hybridized carbons (Fsp3) is 0.160. The van der Waals surface area contributed by atoms with E-state index in [0.29, 0.717) is 28.2 Å². The third-order valence-corrected chi connectivity index (χ3v) is 7.19. The molecule has 6 rings (SSSR count). The van der Waals surface area contributed by atoms with Gasteiger partial charge in [-0.05, 0) is 30.7 Å². The van der Waals surface area contributed by atoms with Gasteiger partial charge in [0.05, 0.1) is 0 Å². The van der Waals surface area contributed by atoms with Crippen LogP contribution in [0.3, 0.4) is 0 Å². The number of para-hydroxylation sites is 1. The summed E-state index contributed by atoms with van der Waals surface area (Å²) in [4.78, 5) is 4.74. The van der Waals surface area contributed by atoms with E-state index in [-0.39, 0.29) is 6.79 Å². The molecule has 0 fully saturated rings. The number of ether oxygens (including phenoxy) is 3. The number of aromatic nitrogens is 3. The van der Waals surface area contributed by atoms with Crippen molar-refractivity contribution in [3.8, 4) is 28.6 Å². The number of hydrogen-bond donors (Lipinski definition) is 1. The highest BCUT2D eigenvalue weighted by Gasteiger charge is 2.29. The van der Waals surface area contributed by atoms with Crippen molar-refractivity contribution >= 4 is 33.4 Å². The van der Waals surface area contributed by atoms with Crippen molar-refractivity contribution in [2.24, 2.45) is 0 Å². The molecule has 1 N–H and O–H groups in total. The van der Waals surface area contributed by atoms with Crippen molar-refractivity contribution in [3.05, 3.63) is 81.8 Å². The predicted octanol–water partition coefficient (Wildman–Crippen LogP) is 6.13. The van der Waals surface area contributed by atoms with E-state index in [1.807, 2.05) is 36.4 Å². The topological polar surface area (TPSA) is 78.4 Å². The van der Waals surface area contributed by atoms with Gasteiger partial charge in [0.25, 0.3) is 0 Å². The van der Waals surface area contributed by atoms with Gasteiger partial charge in [0.2, 0.25) is 17.8 Å². The summed E-state index contributed by atoms with van der Waals surface area (Å²) in [5.74, 6) is 2.54. The zero-order chi connectivity index (χ0) is 23.1. The fourth-order valence-electron chi connectivity index (χ4n) is 3.82. The molecule has 1 unspecified atom stereocenters. The first-order valence-corrected chi connectivity index (χ1v) is 12.5. The summed E-state index contributed by atoms with van der Waals surface area (Å²) in [7, 11) is 0. The van der Waals surface area contributed by atoms with E-state index in [9.17, 15) is 0 Å². The van der Waals surface area contributed by atoms with Crippen molar-refractivity contribution < 1.29 is 14.2 Å². The first-order valence-electron chi connectivity index (χ1n) is 10.7. The molecule has 0 aliphatic carbocycles. The van der Waals surface area contributed by atoms with Crippen LogP contribution in [0, 0.1) is 6.92 Å². The number of thioether (sulfide) groups is 1. The van der Waals surface area contributed by atoms with E-state index in [2.05, 4.69) is 62.6 Å². The minimum absolute atomic E-state index is 0.203. The molecule has 1 aromatic heterocycles. The Morgan fingerprint density at radius 1 is 1.03 bits per heavy atom. The van der Waals surface area contributed by atoms with Crippen molar-refractivity contribution in [1.82, 2.24) is 15.2 Å².